The molecule has 1 aromatic rings. The third kappa shape index (κ3) is 4.39. The molecule has 170 valence electrons. The average Bonchev–Trinajstić information content (AvgIpc) is 2.80. The van der Waals surface area contributed by atoms with Crippen LogP contribution in [0.15, 0.2) is 18.2 Å². The van der Waals surface area contributed by atoms with Crippen LogP contribution in [0.1, 0.15) is 76.3 Å². The summed E-state index contributed by atoms with van der Waals surface area (Å²) in [5, 5.41) is 0. The summed E-state index contributed by atoms with van der Waals surface area (Å²) in [5.74, 6) is 2.07. The lowest BCUT2D eigenvalue weighted by Crippen LogP contribution is -2.61. The van der Waals surface area contributed by atoms with E-state index in [0.717, 1.165) is 56.9 Å². The van der Waals surface area contributed by atoms with Crippen molar-refractivity contribution in [2.75, 3.05) is 20.8 Å². The van der Waals surface area contributed by atoms with Crippen LogP contribution in [0.25, 0.3) is 0 Å². The summed E-state index contributed by atoms with van der Waals surface area (Å²) in [4.78, 5) is 31.2. The van der Waals surface area contributed by atoms with E-state index in [1.807, 2.05) is 28.0 Å². The molecule has 3 aliphatic rings. The maximum Gasteiger partial charge on any atom is 0.250 e. The molecule has 1 aromatic carbocycles. The third-order valence-electron chi connectivity index (χ3n) is 7.51. The smallest absolute Gasteiger partial charge is 0.250 e. The Morgan fingerprint density at radius 2 is 1.52 bits per heavy atom. The summed E-state index contributed by atoms with van der Waals surface area (Å²) in [5.41, 5.74) is 0.815. The predicted molar refractivity (Wildman–Crippen MR) is 119 cm³/mol. The average molecular weight is 429 g/mol. The Kier molecular flexibility index (Phi) is 6.73. The molecule has 6 nitrogen and oxygen atoms in total. The van der Waals surface area contributed by atoms with Crippen LogP contribution in [-0.2, 0) is 9.59 Å². The van der Waals surface area contributed by atoms with Crippen molar-refractivity contribution in [2.45, 2.75) is 82.8 Å². The molecule has 2 aliphatic carbocycles. The van der Waals surface area contributed by atoms with E-state index in [2.05, 4.69) is 6.92 Å². The van der Waals surface area contributed by atoms with Crippen molar-refractivity contribution in [3.05, 3.63) is 23.8 Å². The first-order valence-electron chi connectivity index (χ1n) is 11.9. The van der Waals surface area contributed by atoms with Crippen molar-refractivity contribution in [2.24, 2.45) is 5.92 Å². The van der Waals surface area contributed by atoms with Crippen LogP contribution in [-0.4, -0.2) is 54.5 Å². The van der Waals surface area contributed by atoms with E-state index >= 15 is 0 Å². The number of benzene rings is 1. The SMILES string of the molecule is COc1ccc([C@H]2C(=O)N(C3CCC(C)CC3)CC(=O)N2C2CCCCC2)cc1OC. The Hall–Kier alpha value is -2.24. The molecule has 0 N–H and O–H groups in total. The lowest BCUT2D eigenvalue weighted by Gasteiger charge is -2.48. The van der Waals surface area contributed by atoms with Crippen molar-refractivity contribution < 1.29 is 19.1 Å². The van der Waals surface area contributed by atoms with Crippen molar-refractivity contribution in [1.29, 1.82) is 0 Å². The van der Waals surface area contributed by atoms with Gasteiger partial charge in [-0.25, -0.2) is 0 Å². The van der Waals surface area contributed by atoms with Crippen molar-refractivity contribution in [3.8, 4) is 11.5 Å². The zero-order valence-corrected chi connectivity index (χ0v) is 19.1. The molecule has 6 heteroatoms. The second-order valence-corrected chi connectivity index (χ2v) is 9.49. The summed E-state index contributed by atoms with van der Waals surface area (Å²) in [7, 11) is 3.21. The Bertz CT molecular complexity index is 797. The van der Waals surface area contributed by atoms with Crippen molar-refractivity contribution in [1.82, 2.24) is 9.80 Å². The number of hydrogen-bond donors (Lipinski definition) is 0. The van der Waals surface area contributed by atoms with Gasteiger partial charge in [0.15, 0.2) is 11.5 Å². The molecule has 0 unspecified atom stereocenters. The first-order chi connectivity index (χ1) is 15.0. The molecule has 2 saturated carbocycles. The third-order valence-corrected chi connectivity index (χ3v) is 7.51. The number of piperazine rings is 1. The van der Waals surface area contributed by atoms with Gasteiger partial charge in [0.05, 0.1) is 14.2 Å². The lowest BCUT2D eigenvalue weighted by atomic mass is 9.85. The van der Waals surface area contributed by atoms with E-state index in [1.165, 1.54) is 6.42 Å². The molecule has 4 rings (SSSR count). The molecular formula is C25H36N2O4. The van der Waals surface area contributed by atoms with Gasteiger partial charge in [0.2, 0.25) is 5.91 Å². The lowest BCUT2D eigenvalue weighted by molar-refractivity contribution is -0.162. The van der Waals surface area contributed by atoms with Gasteiger partial charge in [0.1, 0.15) is 12.6 Å². The molecule has 2 amide bonds. The summed E-state index contributed by atoms with van der Waals surface area (Å²) < 4.78 is 10.9. The number of carbonyl (C=O) groups is 2. The van der Waals surface area contributed by atoms with Crippen LogP contribution < -0.4 is 9.47 Å². The number of amides is 2. The van der Waals surface area contributed by atoms with E-state index < -0.39 is 6.04 Å². The Morgan fingerprint density at radius 3 is 2.16 bits per heavy atom. The molecule has 0 radical (unpaired) electrons. The molecule has 0 aromatic heterocycles. The fourth-order valence-electron chi connectivity index (χ4n) is 5.69. The van der Waals surface area contributed by atoms with Crippen LogP contribution in [0.5, 0.6) is 11.5 Å². The fourth-order valence-corrected chi connectivity index (χ4v) is 5.69. The zero-order valence-electron chi connectivity index (χ0n) is 19.1. The van der Waals surface area contributed by atoms with Crippen LogP contribution in [0, 0.1) is 5.92 Å². The molecule has 3 fully saturated rings. The number of ether oxygens (including phenoxy) is 2. The number of hydrogen-bond acceptors (Lipinski definition) is 4. The minimum Gasteiger partial charge on any atom is -0.493 e. The quantitative estimate of drug-likeness (QED) is 0.701. The van der Waals surface area contributed by atoms with E-state index in [0.29, 0.717) is 17.4 Å². The molecule has 1 saturated heterocycles. The molecule has 0 spiro atoms. The Morgan fingerprint density at radius 1 is 0.839 bits per heavy atom. The topological polar surface area (TPSA) is 59.1 Å². The molecule has 1 atom stereocenters. The number of nitrogens with zero attached hydrogens (tertiary/aromatic N) is 2. The molecule has 1 heterocycles. The van der Waals surface area contributed by atoms with Gasteiger partial charge in [-0.2, -0.15) is 0 Å². The normalized spacial score (nSPS) is 28.0. The van der Waals surface area contributed by atoms with Crippen LogP contribution in [0.2, 0.25) is 0 Å². The highest BCUT2D eigenvalue weighted by Gasteiger charge is 2.46. The molecule has 31 heavy (non-hydrogen) atoms. The van der Waals surface area contributed by atoms with Gasteiger partial charge >= 0.3 is 0 Å². The monoisotopic (exact) mass is 428 g/mol. The second kappa shape index (κ2) is 9.49. The van der Waals surface area contributed by atoms with Gasteiger partial charge < -0.3 is 19.3 Å². The molecular weight excluding hydrogens is 392 g/mol. The van der Waals surface area contributed by atoms with Crippen molar-refractivity contribution >= 4 is 11.8 Å². The summed E-state index contributed by atoms with van der Waals surface area (Å²) in [6.07, 6.45) is 9.61. The molecule has 1 aliphatic heterocycles. The summed E-state index contributed by atoms with van der Waals surface area (Å²) >= 11 is 0. The highest BCUT2D eigenvalue weighted by molar-refractivity contribution is 5.96. The van der Waals surface area contributed by atoms with Gasteiger partial charge in [-0.3, -0.25) is 9.59 Å². The largest absolute Gasteiger partial charge is 0.493 e. The van der Waals surface area contributed by atoms with Gasteiger partial charge in [0.25, 0.3) is 5.91 Å². The summed E-state index contributed by atoms with van der Waals surface area (Å²) in [6.45, 7) is 2.49. The van der Waals surface area contributed by atoms with E-state index in [-0.39, 0.29) is 30.4 Å². The first-order valence-corrected chi connectivity index (χ1v) is 11.9. The predicted octanol–water partition coefficient (Wildman–Crippen LogP) is 4.33. The highest BCUT2D eigenvalue weighted by Crippen LogP contribution is 2.39. The van der Waals surface area contributed by atoms with E-state index in [9.17, 15) is 9.59 Å². The van der Waals surface area contributed by atoms with Crippen molar-refractivity contribution in [3.63, 3.8) is 0 Å². The maximum atomic E-state index is 13.9. The molecule has 0 bridgehead atoms. The van der Waals surface area contributed by atoms with E-state index in [4.69, 9.17) is 9.47 Å². The maximum absolute atomic E-state index is 13.9. The zero-order chi connectivity index (χ0) is 22.0. The minimum atomic E-state index is -0.580. The second-order valence-electron chi connectivity index (χ2n) is 9.49. The highest BCUT2D eigenvalue weighted by atomic mass is 16.5. The van der Waals surface area contributed by atoms with Gasteiger partial charge in [-0.15, -0.1) is 0 Å². The standard InChI is InChI=1S/C25H36N2O4/c1-17-9-12-19(13-10-17)26-16-23(28)27(20-7-5-4-6-8-20)24(25(26)29)18-11-14-21(30-2)22(15-18)31-3/h11,14-15,17,19-20,24H,4-10,12-13,16H2,1-3H3/t17?,19?,24-/m0/s1. The number of carbonyl (C=O) groups excluding carboxylic acids is 2. The van der Waals surface area contributed by atoms with Crippen LogP contribution in [0.4, 0.5) is 0 Å². The number of methoxy groups -OCH3 is 2. The van der Waals surface area contributed by atoms with Crippen LogP contribution in [0.3, 0.4) is 0 Å². The van der Waals surface area contributed by atoms with Crippen LogP contribution >= 0.6 is 0 Å². The Balaban J connectivity index is 1.69. The van der Waals surface area contributed by atoms with E-state index in [1.54, 1.807) is 14.2 Å². The minimum absolute atomic E-state index is 0.0666. The first kappa shape index (κ1) is 22.0. The fraction of sp³-hybridized carbons (Fsp3) is 0.680. The Labute approximate surface area is 185 Å². The number of rotatable bonds is 5. The van der Waals surface area contributed by atoms with Gasteiger partial charge in [0, 0.05) is 12.1 Å². The van der Waals surface area contributed by atoms with Gasteiger partial charge in [-0.1, -0.05) is 32.3 Å². The van der Waals surface area contributed by atoms with Gasteiger partial charge in [-0.05, 0) is 62.1 Å². The summed E-state index contributed by atoms with van der Waals surface area (Å²) in [6, 6.07) is 5.35.